The Bertz CT molecular complexity index is 287. The molecule has 1 saturated heterocycles. The first kappa shape index (κ1) is 15.8. The second-order valence-electron chi connectivity index (χ2n) is 6.50. The van der Waals surface area contributed by atoms with E-state index in [4.69, 9.17) is 5.73 Å². The van der Waals surface area contributed by atoms with Crippen LogP contribution in [0.5, 0.6) is 0 Å². The fourth-order valence-corrected chi connectivity index (χ4v) is 3.69. The van der Waals surface area contributed by atoms with Crippen molar-refractivity contribution in [3.8, 4) is 0 Å². The summed E-state index contributed by atoms with van der Waals surface area (Å²) >= 11 is 0. The SMILES string of the molecule is NCCC1CCCC(C(=O)NCCN2CCCCC2)C1. The van der Waals surface area contributed by atoms with Gasteiger partial charge in [-0.25, -0.2) is 0 Å². The molecule has 4 heteroatoms. The van der Waals surface area contributed by atoms with E-state index in [9.17, 15) is 4.79 Å². The van der Waals surface area contributed by atoms with E-state index in [2.05, 4.69) is 10.2 Å². The minimum Gasteiger partial charge on any atom is -0.355 e. The molecule has 4 nitrogen and oxygen atoms in total. The van der Waals surface area contributed by atoms with E-state index in [-0.39, 0.29) is 11.8 Å². The lowest BCUT2D eigenvalue weighted by Gasteiger charge is -2.29. The van der Waals surface area contributed by atoms with Crippen LogP contribution < -0.4 is 11.1 Å². The van der Waals surface area contributed by atoms with E-state index in [1.807, 2.05) is 0 Å². The lowest BCUT2D eigenvalue weighted by Crippen LogP contribution is -2.40. The van der Waals surface area contributed by atoms with Gasteiger partial charge in [0, 0.05) is 19.0 Å². The van der Waals surface area contributed by atoms with Gasteiger partial charge < -0.3 is 16.0 Å². The van der Waals surface area contributed by atoms with Crippen molar-refractivity contribution in [2.24, 2.45) is 17.6 Å². The topological polar surface area (TPSA) is 58.4 Å². The molecule has 0 bridgehead atoms. The molecule has 0 radical (unpaired) electrons. The molecule has 2 aliphatic rings. The second-order valence-corrected chi connectivity index (χ2v) is 6.50. The maximum absolute atomic E-state index is 12.2. The molecule has 0 aromatic rings. The van der Waals surface area contributed by atoms with E-state index in [1.54, 1.807) is 0 Å². The summed E-state index contributed by atoms with van der Waals surface area (Å²) in [6.45, 7) is 5.01. The predicted octanol–water partition coefficient (Wildman–Crippen LogP) is 1.74. The summed E-state index contributed by atoms with van der Waals surface area (Å²) in [5.74, 6) is 1.19. The Labute approximate surface area is 123 Å². The third-order valence-electron chi connectivity index (χ3n) is 4.90. The molecule has 2 atom stereocenters. The van der Waals surface area contributed by atoms with Gasteiger partial charge in [0.25, 0.3) is 0 Å². The summed E-state index contributed by atoms with van der Waals surface area (Å²) in [5.41, 5.74) is 5.64. The van der Waals surface area contributed by atoms with E-state index in [1.165, 1.54) is 45.2 Å². The smallest absolute Gasteiger partial charge is 0.223 e. The highest BCUT2D eigenvalue weighted by molar-refractivity contribution is 5.78. The van der Waals surface area contributed by atoms with Crippen molar-refractivity contribution >= 4 is 5.91 Å². The summed E-state index contributed by atoms with van der Waals surface area (Å²) < 4.78 is 0. The van der Waals surface area contributed by atoms with Crippen molar-refractivity contribution in [2.45, 2.75) is 51.4 Å². The molecular weight excluding hydrogens is 250 g/mol. The number of hydrogen-bond acceptors (Lipinski definition) is 3. The van der Waals surface area contributed by atoms with Crippen LogP contribution in [0.1, 0.15) is 51.4 Å². The number of nitrogens with one attached hydrogen (secondary N) is 1. The number of nitrogens with two attached hydrogens (primary N) is 1. The first-order valence-corrected chi connectivity index (χ1v) is 8.49. The van der Waals surface area contributed by atoms with Gasteiger partial charge in [-0.15, -0.1) is 0 Å². The van der Waals surface area contributed by atoms with Crippen molar-refractivity contribution in [1.29, 1.82) is 0 Å². The van der Waals surface area contributed by atoms with Gasteiger partial charge in [-0.2, -0.15) is 0 Å². The first-order chi connectivity index (χ1) is 9.79. The van der Waals surface area contributed by atoms with Gasteiger partial charge in [0.05, 0.1) is 0 Å². The van der Waals surface area contributed by atoms with Crippen molar-refractivity contribution in [3.63, 3.8) is 0 Å². The van der Waals surface area contributed by atoms with Crippen molar-refractivity contribution in [1.82, 2.24) is 10.2 Å². The Morgan fingerprint density at radius 3 is 2.70 bits per heavy atom. The molecule has 116 valence electrons. The van der Waals surface area contributed by atoms with Crippen LogP contribution in [0.3, 0.4) is 0 Å². The Morgan fingerprint density at radius 2 is 1.95 bits per heavy atom. The number of carbonyl (C=O) groups is 1. The van der Waals surface area contributed by atoms with E-state index in [0.29, 0.717) is 5.92 Å². The molecule has 1 aliphatic carbocycles. The normalized spacial score (nSPS) is 28.2. The minimum atomic E-state index is 0.238. The standard InChI is InChI=1S/C16H31N3O/c17-8-7-14-5-4-6-15(13-14)16(20)18-9-12-19-10-2-1-3-11-19/h14-15H,1-13,17H2,(H,18,20). The molecule has 0 aromatic carbocycles. The molecule has 20 heavy (non-hydrogen) atoms. The molecule has 2 rings (SSSR count). The number of carbonyl (C=O) groups excluding carboxylic acids is 1. The Balaban J connectivity index is 1.63. The van der Waals surface area contributed by atoms with Crippen LogP contribution in [-0.4, -0.2) is 43.5 Å². The number of rotatable bonds is 6. The third kappa shape index (κ3) is 5.06. The van der Waals surface area contributed by atoms with Crippen molar-refractivity contribution in [2.75, 3.05) is 32.7 Å². The summed E-state index contributed by atoms with van der Waals surface area (Å²) in [6.07, 6.45) is 9.65. The van der Waals surface area contributed by atoms with E-state index >= 15 is 0 Å². The highest BCUT2D eigenvalue weighted by Crippen LogP contribution is 2.30. The summed E-state index contributed by atoms with van der Waals surface area (Å²) in [6, 6.07) is 0. The highest BCUT2D eigenvalue weighted by atomic mass is 16.1. The van der Waals surface area contributed by atoms with Gasteiger partial charge in [0.15, 0.2) is 0 Å². The van der Waals surface area contributed by atoms with Gasteiger partial charge in [-0.1, -0.05) is 19.3 Å². The lowest BCUT2D eigenvalue weighted by atomic mass is 9.79. The quantitative estimate of drug-likeness (QED) is 0.780. The monoisotopic (exact) mass is 281 g/mol. The van der Waals surface area contributed by atoms with E-state index < -0.39 is 0 Å². The maximum Gasteiger partial charge on any atom is 0.223 e. The third-order valence-corrected chi connectivity index (χ3v) is 4.90. The average molecular weight is 281 g/mol. The first-order valence-electron chi connectivity index (χ1n) is 8.49. The van der Waals surface area contributed by atoms with Crippen LogP contribution in [0.2, 0.25) is 0 Å². The Kier molecular flexibility index (Phi) is 6.80. The zero-order valence-electron chi connectivity index (χ0n) is 12.8. The Hall–Kier alpha value is -0.610. The van der Waals surface area contributed by atoms with Crippen LogP contribution in [0.15, 0.2) is 0 Å². The number of nitrogens with zero attached hydrogens (tertiary/aromatic N) is 1. The summed E-state index contributed by atoms with van der Waals surface area (Å²) in [7, 11) is 0. The number of likely N-dealkylation sites (tertiary alicyclic amines) is 1. The van der Waals surface area contributed by atoms with Gasteiger partial charge >= 0.3 is 0 Å². The van der Waals surface area contributed by atoms with Gasteiger partial charge in [-0.3, -0.25) is 4.79 Å². The number of piperidine rings is 1. The van der Waals surface area contributed by atoms with Crippen LogP contribution >= 0.6 is 0 Å². The Morgan fingerprint density at radius 1 is 1.15 bits per heavy atom. The second kappa shape index (κ2) is 8.63. The molecule has 2 unspecified atom stereocenters. The molecule has 0 spiro atoms. The predicted molar refractivity (Wildman–Crippen MR) is 82.4 cm³/mol. The fourth-order valence-electron chi connectivity index (χ4n) is 3.69. The highest BCUT2D eigenvalue weighted by Gasteiger charge is 2.26. The van der Waals surface area contributed by atoms with Crippen molar-refractivity contribution < 1.29 is 4.79 Å². The lowest BCUT2D eigenvalue weighted by molar-refractivity contribution is -0.126. The summed E-state index contributed by atoms with van der Waals surface area (Å²) in [5, 5.41) is 3.15. The molecule has 1 amide bonds. The van der Waals surface area contributed by atoms with E-state index in [0.717, 1.165) is 38.9 Å². The molecule has 3 N–H and O–H groups in total. The largest absolute Gasteiger partial charge is 0.355 e. The zero-order chi connectivity index (χ0) is 14.2. The van der Waals surface area contributed by atoms with Crippen LogP contribution in [0.25, 0.3) is 0 Å². The summed E-state index contributed by atoms with van der Waals surface area (Å²) in [4.78, 5) is 14.7. The average Bonchev–Trinajstić information content (AvgIpc) is 2.49. The van der Waals surface area contributed by atoms with Gasteiger partial charge in [0.1, 0.15) is 0 Å². The molecule has 1 aliphatic heterocycles. The fraction of sp³-hybridized carbons (Fsp3) is 0.938. The number of amides is 1. The van der Waals surface area contributed by atoms with Gasteiger partial charge in [-0.05, 0) is 57.7 Å². The maximum atomic E-state index is 12.2. The molecule has 2 fully saturated rings. The zero-order valence-corrected chi connectivity index (χ0v) is 12.8. The molecule has 1 heterocycles. The molecule has 1 saturated carbocycles. The molecular formula is C16H31N3O. The van der Waals surface area contributed by atoms with Crippen LogP contribution in [0, 0.1) is 11.8 Å². The number of hydrogen-bond donors (Lipinski definition) is 2. The van der Waals surface area contributed by atoms with Gasteiger partial charge in [0.2, 0.25) is 5.91 Å². The van der Waals surface area contributed by atoms with Crippen LogP contribution in [0.4, 0.5) is 0 Å². The van der Waals surface area contributed by atoms with Crippen molar-refractivity contribution in [3.05, 3.63) is 0 Å². The van der Waals surface area contributed by atoms with Crippen LogP contribution in [-0.2, 0) is 4.79 Å². The minimum absolute atomic E-state index is 0.238. The molecule has 0 aromatic heterocycles.